The highest BCUT2D eigenvalue weighted by molar-refractivity contribution is 5.76. The van der Waals surface area contributed by atoms with Gasteiger partial charge in [-0.3, -0.25) is 4.79 Å². The molecular weight excluding hydrogens is 224 g/mol. The Balaban J connectivity index is 2.40. The summed E-state index contributed by atoms with van der Waals surface area (Å²) in [5, 5.41) is 3.02. The van der Waals surface area contributed by atoms with Crippen LogP contribution in [-0.4, -0.2) is 18.0 Å². The topological polar surface area (TPSA) is 55.1 Å². The van der Waals surface area contributed by atoms with Crippen LogP contribution in [-0.2, 0) is 11.2 Å². The lowest BCUT2D eigenvalue weighted by Gasteiger charge is -2.15. The molecule has 0 fully saturated rings. The van der Waals surface area contributed by atoms with Gasteiger partial charge in [-0.05, 0) is 44.7 Å². The Labute approximate surface area is 110 Å². The van der Waals surface area contributed by atoms with Crippen LogP contribution in [0.4, 0.5) is 0 Å². The predicted molar refractivity (Wildman–Crippen MR) is 75.4 cm³/mol. The normalized spacial score (nSPS) is 14.0. The number of carbonyl (C=O) groups excluding carboxylic acids is 1. The van der Waals surface area contributed by atoms with E-state index in [1.807, 2.05) is 26.0 Å². The van der Waals surface area contributed by atoms with E-state index in [0.717, 1.165) is 12.8 Å². The van der Waals surface area contributed by atoms with Crippen LogP contribution in [0.2, 0.25) is 0 Å². The Bertz CT molecular complexity index is 388. The quantitative estimate of drug-likeness (QED) is 0.810. The van der Waals surface area contributed by atoms with E-state index in [4.69, 9.17) is 5.73 Å². The first kappa shape index (κ1) is 14.7. The number of aryl methyl sites for hydroxylation is 1. The zero-order valence-electron chi connectivity index (χ0n) is 11.6. The van der Waals surface area contributed by atoms with Crippen molar-refractivity contribution in [3.63, 3.8) is 0 Å². The average molecular weight is 248 g/mol. The molecule has 1 amide bonds. The fourth-order valence-corrected chi connectivity index (χ4v) is 1.93. The van der Waals surface area contributed by atoms with E-state index < -0.39 is 0 Å². The highest BCUT2D eigenvalue weighted by Crippen LogP contribution is 2.09. The number of hydrogen-bond donors (Lipinski definition) is 2. The number of amides is 1. The van der Waals surface area contributed by atoms with Gasteiger partial charge in [0.05, 0.1) is 0 Å². The second-order valence-electron chi connectivity index (χ2n) is 5.12. The van der Waals surface area contributed by atoms with Crippen molar-refractivity contribution in [2.24, 2.45) is 5.73 Å². The molecule has 0 aliphatic rings. The summed E-state index contributed by atoms with van der Waals surface area (Å²) >= 11 is 0. The molecule has 0 aliphatic carbocycles. The summed E-state index contributed by atoms with van der Waals surface area (Å²) in [4.78, 5) is 11.7. The molecule has 0 radical (unpaired) electrons. The second kappa shape index (κ2) is 7.17. The molecule has 0 saturated heterocycles. The lowest BCUT2D eigenvalue weighted by atomic mass is 10.0. The molecule has 0 aliphatic heterocycles. The Morgan fingerprint density at radius 2 is 2.00 bits per heavy atom. The maximum atomic E-state index is 11.7. The molecule has 2 unspecified atom stereocenters. The summed E-state index contributed by atoms with van der Waals surface area (Å²) < 4.78 is 0. The first-order valence-corrected chi connectivity index (χ1v) is 6.58. The lowest BCUT2D eigenvalue weighted by molar-refractivity contribution is -0.121. The molecule has 100 valence electrons. The summed E-state index contributed by atoms with van der Waals surface area (Å²) in [6.45, 7) is 6.06. The van der Waals surface area contributed by atoms with Gasteiger partial charge in [-0.15, -0.1) is 0 Å². The van der Waals surface area contributed by atoms with Crippen LogP contribution in [0, 0.1) is 6.92 Å². The van der Waals surface area contributed by atoms with Crippen molar-refractivity contribution in [2.75, 3.05) is 0 Å². The summed E-state index contributed by atoms with van der Waals surface area (Å²) in [7, 11) is 0. The van der Waals surface area contributed by atoms with E-state index in [1.54, 1.807) is 0 Å². The third-order valence-electron chi connectivity index (χ3n) is 3.02. The third kappa shape index (κ3) is 5.32. The minimum atomic E-state index is 0.0856. The third-order valence-corrected chi connectivity index (χ3v) is 3.02. The maximum Gasteiger partial charge on any atom is 0.220 e. The minimum absolute atomic E-state index is 0.0856. The van der Waals surface area contributed by atoms with Gasteiger partial charge in [-0.2, -0.15) is 0 Å². The van der Waals surface area contributed by atoms with Crippen molar-refractivity contribution in [3.8, 4) is 0 Å². The summed E-state index contributed by atoms with van der Waals surface area (Å²) in [6, 6.07) is 8.52. The fraction of sp³-hybridized carbons (Fsp3) is 0.533. The molecule has 0 bridgehead atoms. The average Bonchev–Trinajstić information content (AvgIpc) is 2.29. The van der Waals surface area contributed by atoms with E-state index in [-0.39, 0.29) is 18.0 Å². The predicted octanol–water partition coefficient (Wildman–Crippen LogP) is 2.17. The molecule has 3 nitrogen and oxygen atoms in total. The molecule has 18 heavy (non-hydrogen) atoms. The molecule has 1 aromatic rings. The van der Waals surface area contributed by atoms with Gasteiger partial charge in [0, 0.05) is 18.5 Å². The van der Waals surface area contributed by atoms with Gasteiger partial charge < -0.3 is 11.1 Å². The number of nitrogens with two attached hydrogens (primary N) is 1. The molecule has 0 saturated carbocycles. The summed E-state index contributed by atoms with van der Waals surface area (Å²) in [6.07, 6.45) is 2.12. The van der Waals surface area contributed by atoms with Crippen molar-refractivity contribution in [1.29, 1.82) is 0 Å². The van der Waals surface area contributed by atoms with E-state index in [1.165, 1.54) is 11.1 Å². The van der Waals surface area contributed by atoms with Crippen LogP contribution in [0.15, 0.2) is 24.3 Å². The monoisotopic (exact) mass is 248 g/mol. The van der Waals surface area contributed by atoms with Crippen LogP contribution in [0.3, 0.4) is 0 Å². The highest BCUT2D eigenvalue weighted by Gasteiger charge is 2.09. The summed E-state index contributed by atoms with van der Waals surface area (Å²) in [5.74, 6) is 0.0911. The number of hydrogen-bond acceptors (Lipinski definition) is 2. The van der Waals surface area contributed by atoms with Crippen molar-refractivity contribution in [2.45, 2.75) is 52.1 Å². The fourth-order valence-electron chi connectivity index (χ4n) is 1.93. The summed E-state index contributed by atoms with van der Waals surface area (Å²) in [5.41, 5.74) is 8.20. The van der Waals surface area contributed by atoms with Crippen molar-refractivity contribution in [1.82, 2.24) is 5.32 Å². The zero-order valence-corrected chi connectivity index (χ0v) is 11.6. The molecule has 1 aromatic carbocycles. The number of nitrogens with one attached hydrogen (secondary N) is 1. The van der Waals surface area contributed by atoms with Crippen molar-refractivity contribution < 1.29 is 4.79 Å². The molecule has 0 aromatic heterocycles. The smallest absolute Gasteiger partial charge is 0.220 e. The van der Waals surface area contributed by atoms with Crippen molar-refractivity contribution in [3.05, 3.63) is 35.4 Å². The molecule has 0 spiro atoms. The molecule has 1 rings (SSSR count). The van der Waals surface area contributed by atoms with Crippen LogP contribution in [0.1, 0.15) is 37.8 Å². The van der Waals surface area contributed by atoms with E-state index in [2.05, 4.69) is 24.4 Å². The minimum Gasteiger partial charge on any atom is -0.353 e. The Hall–Kier alpha value is -1.35. The molecule has 0 heterocycles. The van der Waals surface area contributed by atoms with Crippen LogP contribution < -0.4 is 11.1 Å². The first-order valence-electron chi connectivity index (χ1n) is 6.58. The van der Waals surface area contributed by atoms with E-state index >= 15 is 0 Å². The van der Waals surface area contributed by atoms with Crippen LogP contribution in [0.5, 0.6) is 0 Å². The van der Waals surface area contributed by atoms with Gasteiger partial charge in [0.2, 0.25) is 5.91 Å². The van der Waals surface area contributed by atoms with Crippen LogP contribution >= 0.6 is 0 Å². The molecule has 3 heteroatoms. The van der Waals surface area contributed by atoms with Gasteiger partial charge in [0.1, 0.15) is 0 Å². The molecule has 3 N–H and O–H groups in total. The second-order valence-corrected chi connectivity index (χ2v) is 5.12. The Morgan fingerprint density at radius 3 is 2.61 bits per heavy atom. The van der Waals surface area contributed by atoms with Gasteiger partial charge >= 0.3 is 0 Å². The van der Waals surface area contributed by atoms with E-state index in [0.29, 0.717) is 6.42 Å². The SMILES string of the molecule is Cc1ccccc1CC(C)NC(=O)CCC(C)N. The van der Waals surface area contributed by atoms with Gasteiger partial charge in [-0.1, -0.05) is 24.3 Å². The van der Waals surface area contributed by atoms with Crippen molar-refractivity contribution >= 4 is 5.91 Å². The van der Waals surface area contributed by atoms with E-state index in [9.17, 15) is 4.79 Å². The Morgan fingerprint density at radius 1 is 1.33 bits per heavy atom. The zero-order chi connectivity index (χ0) is 13.5. The Kier molecular flexibility index (Phi) is 5.86. The standard InChI is InChI=1S/C15H24N2O/c1-11-6-4-5-7-14(11)10-13(3)17-15(18)9-8-12(2)16/h4-7,12-13H,8-10,16H2,1-3H3,(H,17,18). The maximum absolute atomic E-state index is 11.7. The number of rotatable bonds is 6. The van der Waals surface area contributed by atoms with Gasteiger partial charge in [-0.25, -0.2) is 0 Å². The van der Waals surface area contributed by atoms with Gasteiger partial charge in [0.15, 0.2) is 0 Å². The lowest BCUT2D eigenvalue weighted by Crippen LogP contribution is -2.34. The largest absolute Gasteiger partial charge is 0.353 e. The number of benzene rings is 1. The molecular formula is C15H24N2O. The number of carbonyl (C=O) groups is 1. The van der Waals surface area contributed by atoms with Gasteiger partial charge in [0.25, 0.3) is 0 Å². The first-order chi connectivity index (χ1) is 8.49. The highest BCUT2D eigenvalue weighted by atomic mass is 16.1. The molecule has 2 atom stereocenters. The van der Waals surface area contributed by atoms with Crippen LogP contribution in [0.25, 0.3) is 0 Å².